The van der Waals surface area contributed by atoms with E-state index in [1.54, 1.807) is 6.21 Å². The van der Waals surface area contributed by atoms with Crippen LogP contribution in [0, 0.1) is 0 Å². The second-order valence-electron chi connectivity index (χ2n) is 2.44. The van der Waals surface area contributed by atoms with Crippen molar-refractivity contribution in [1.29, 1.82) is 0 Å². The Hall–Kier alpha value is -1.52. The van der Waals surface area contributed by atoms with E-state index >= 15 is 0 Å². The van der Waals surface area contributed by atoms with Gasteiger partial charge in [0.1, 0.15) is 5.69 Å². The molecule has 1 aliphatic heterocycles. The van der Waals surface area contributed by atoms with Crippen molar-refractivity contribution in [3.63, 3.8) is 0 Å². The highest BCUT2D eigenvalue weighted by molar-refractivity contribution is 5.77. The summed E-state index contributed by atoms with van der Waals surface area (Å²) in [5.41, 5.74) is 0.789. The predicted octanol–water partition coefficient (Wildman–Crippen LogP) is -0.0157. The number of rotatable bonds is 0. The van der Waals surface area contributed by atoms with E-state index in [9.17, 15) is 4.79 Å². The average Bonchev–Trinajstić information content (AvgIpc) is 2.35. The number of hydrogen-bond acceptors (Lipinski definition) is 4. The molecule has 2 heterocycles. The molecule has 0 saturated heterocycles. The third-order valence-electron chi connectivity index (χ3n) is 1.63. The monoisotopic (exact) mass is 150 g/mol. The van der Waals surface area contributed by atoms with E-state index in [4.69, 9.17) is 0 Å². The Labute approximate surface area is 62.2 Å². The van der Waals surface area contributed by atoms with E-state index in [1.165, 1.54) is 0 Å². The Kier molecular flexibility index (Phi) is 1.12. The van der Waals surface area contributed by atoms with Gasteiger partial charge in [-0.25, -0.2) is 5.10 Å². The zero-order valence-electron chi connectivity index (χ0n) is 5.90. The van der Waals surface area contributed by atoms with Gasteiger partial charge in [0.05, 0.1) is 0 Å². The Morgan fingerprint density at radius 2 is 2.45 bits per heavy atom. The molecule has 1 atom stereocenters. The van der Waals surface area contributed by atoms with E-state index in [0.717, 1.165) is 0 Å². The quantitative estimate of drug-likeness (QED) is 0.565. The molecule has 0 saturated carbocycles. The summed E-state index contributed by atoms with van der Waals surface area (Å²) in [5, 5.41) is 9.43. The van der Waals surface area contributed by atoms with Crippen molar-refractivity contribution in [1.82, 2.24) is 15.4 Å². The lowest BCUT2D eigenvalue weighted by atomic mass is 10.1. The summed E-state index contributed by atoms with van der Waals surface area (Å²) >= 11 is 0. The van der Waals surface area contributed by atoms with Gasteiger partial charge in [-0.15, -0.1) is 5.10 Å². The van der Waals surface area contributed by atoms with Crippen LogP contribution in [0.25, 0.3) is 0 Å². The van der Waals surface area contributed by atoms with Crippen LogP contribution in [0.1, 0.15) is 18.5 Å². The van der Waals surface area contributed by atoms with Crippen LogP contribution in [0.4, 0.5) is 5.69 Å². The van der Waals surface area contributed by atoms with Crippen molar-refractivity contribution in [2.45, 2.75) is 12.8 Å². The first kappa shape index (κ1) is 6.21. The molecule has 5 nitrogen and oxygen atoms in total. The van der Waals surface area contributed by atoms with Crippen molar-refractivity contribution >= 4 is 11.9 Å². The van der Waals surface area contributed by atoms with Crippen molar-refractivity contribution in [2.24, 2.45) is 4.99 Å². The molecule has 0 aromatic carbocycles. The topological polar surface area (TPSA) is 71.0 Å². The van der Waals surface area contributed by atoms with Gasteiger partial charge in [0.25, 0.3) is 5.56 Å². The lowest BCUT2D eigenvalue weighted by molar-refractivity contribution is 0.792. The van der Waals surface area contributed by atoms with Gasteiger partial charge in [-0.05, 0) is 0 Å². The Balaban J connectivity index is 2.74. The van der Waals surface area contributed by atoms with Gasteiger partial charge < -0.3 is 0 Å². The summed E-state index contributed by atoms with van der Waals surface area (Å²) < 4.78 is 0. The van der Waals surface area contributed by atoms with Crippen LogP contribution in [0.15, 0.2) is 9.79 Å². The molecule has 0 amide bonds. The summed E-state index contributed by atoms with van der Waals surface area (Å²) in [6.45, 7) is 1.92. The molecule has 0 radical (unpaired) electrons. The Bertz CT molecular complexity index is 367. The lowest BCUT2D eigenvalue weighted by Crippen LogP contribution is -2.11. The number of aromatic nitrogens is 3. The maximum absolute atomic E-state index is 11.0. The molecule has 56 valence electrons. The van der Waals surface area contributed by atoms with Crippen molar-refractivity contribution in [3.8, 4) is 0 Å². The first-order chi connectivity index (χ1) is 5.29. The lowest BCUT2D eigenvalue weighted by Gasteiger charge is -1.95. The minimum absolute atomic E-state index is 0.111. The number of nitrogens with one attached hydrogen (secondary N) is 1. The Morgan fingerprint density at radius 3 is 3.18 bits per heavy atom. The third-order valence-corrected chi connectivity index (χ3v) is 1.63. The van der Waals surface area contributed by atoms with Crippen LogP contribution in [0.5, 0.6) is 0 Å². The second kappa shape index (κ2) is 1.98. The molecule has 1 aromatic rings. The minimum Gasteiger partial charge on any atom is -0.265 e. The van der Waals surface area contributed by atoms with Crippen LogP contribution in [0.3, 0.4) is 0 Å². The second-order valence-corrected chi connectivity index (χ2v) is 2.44. The highest BCUT2D eigenvalue weighted by atomic mass is 16.1. The van der Waals surface area contributed by atoms with Crippen LogP contribution >= 0.6 is 0 Å². The number of aromatic amines is 1. The molecule has 5 heteroatoms. The van der Waals surface area contributed by atoms with Crippen LogP contribution in [-0.2, 0) is 0 Å². The maximum Gasteiger partial charge on any atom is 0.293 e. The molecule has 0 fully saturated rings. The Morgan fingerprint density at radius 1 is 1.64 bits per heavy atom. The average molecular weight is 150 g/mol. The molecular weight excluding hydrogens is 144 g/mol. The first-order valence-electron chi connectivity index (χ1n) is 3.28. The minimum atomic E-state index is -0.268. The predicted molar refractivity (Wildman–Crippen MR) is 39.2 cm³/mol. The van der Waals surface area contributed by atoms with E-state index < -0.39 is 0 Å². The molecule has 1 aliphatic rings. The fourth-order valence-corrected chi connectivity index (χ4v) is 1.03. The number of nitrogens with zero attached hydrogens (tertiary/aromatic N) is 3. The molecule has 1 aromatic heterocycles. The summed E-state index contributed by atoms with van der Waals surface area (Å²) in [5.74, 6) is 0.111. The van der Waals surface area contributed by atoms with Gasteiger partial charge in [-0.1, -0.05) is 12.1 Å². The molecule has 0 aliphatic carbocycles. The number of hydrogen-bond donors (Lipinski definition) is 1. The van der Waals surface area contributed by atoms with E-state index in [-0.39, 0.29) is 11.5 Å². The zero-order chi connectivity index (χ0) is 7.84. The van der Waals surface area contributed by atoms with E-state index in [1.807, 2.05) is 6.92 Å². The van der Waals surface area contributed by atoms with Gasteiger partial charge in [0, 0.05) is 12.1 Å². The molecular formula is C6H6N4O. The molecule has 11 heavy (non-hydrogen) atoms. The summed E-state index contributed by atoms with van der Waals surface area (Å²) in [4.78, 5) is 14.9. The molecule has 1 unspecified atom stereocenters. The fourth-order valence-electron chi connectivity index (χ4n) is 1.03. The highest BCUT2D eigenvalue weighted by Gasteiger charge is 2.18. The van der Waals surface area contributed by atoms with Crippen molar-refractivity contribution < 1.29 is 0 Å². The van der Waals surface area contributed by atoms with Crippen molar-refractivity contribution in [3.05, 3.63) is 16.0 Å². The summed E-state index contributed by atoms with van der Waals surface area (Å²) in [6.07, 6.45) is 1.69. The standard InChI is InChI=1S/C6H6N4O/c1-3-2-7-5-4(3)8-10-9-6(5)11/h2-3H,1H3,(H,8,9,11). The maximum atomic E-state index is 11.0. The number of aliphatic imine (C=N–C) groups is 1. The van der Waals surface area contributed by atoms with Crippen LogP contribution in [0.2, 0.25) is 0 Å². The normalized spacial score (nSPS) is 20.3. The van der Waals surface area contributed by atoms with Crippen molar-refractivity contribution in [2.75, 3.05) is 0 Å². The summed E-state index contributed by atoms with van der Waals surface area (Å²) in [7, 11) is 0. The molecule has 0 bridgehead atoms. The van der Waals surface area contributed by atoms with Gasteiger partial charge in [0.2, 0.25) is 0 Å². The van der Waals surface area contributed by atoms with Gasteiger partial charge in [-0.3, -0.25) is 9.79 Å². The van der Waals surface area contributed by atoms with E-state index in [0.29, 0.717) is 11.4 Å². The third kappa shape index (κ3) is 0.772. The van der Waals surface area contributed by atoms with Gasteiger partial charge in [-0.2, -0.15) is 0 Å². The van der Waals surface area contributed by atoms with Crippen LogP contribution < -0.4 is 5.56 Å². The largest absolute Gasteiger partial charge is 0.293 e. The molecule has 2 rings (SSSR count). The molecule has 1 N–H and O–H groups in total. The fraction of sp³-hybridized carbons (Fsp3) is 0.333. The number of fused-ring (bicyclic) bond motifs is 1. The summed E-state index contributed by atoms with van der Waals surface area (Å²) in [6, 6.07) is 0. The highest BCUT2D eigenvalue weighted by Crippen LogP contribution is 2.24. The smallest absolute Gasteiger partial charge is 0.265 e. The van der Waals surface area contributed by atoms with Gasteiger partial charge in [0.15, 0.2) is 5.69 Å². The van der Waals surface area contributed by atoms with E-state index in [2.05, 4.69) is 20.4 Å². The van der Waals surface area contributed by atoms with Crippen LogP contribution in [-0.4, -0.2) is 21.6 Å². The SMILES string of the molecule is CC1C=Nc2c1nn[nH]c2=O. The number of H-pyrrole nitrogens is 1. The zero-order valence-corrected chi connectivity index (χ0v) is 5.90. The van der Waals surface area contributed by atoms with Gasteiger partial charge >= 0.3 is 0 Å². The first-order valence-corrected chi connectivity index (χ1v) is 3.28. The molecule has 0 spiro atoms.